The van der Waals surface area contributed by atoms with Crippen LogP contribution in [0.4, 0.5) is 5.69 Å². The molecular weight excluding hydrogens is 386 g/mol. The second-order valence-corrected chi connectivity index (χ2v) is 7.07. The zero-order chi connectivity index (χ0) is 20.2. The third-order valence-electron chi connectivity index (χ3n) is 4.39. The van der Waals surface area contributed by atoms with Gasteiger partial charge in [0.1, 0.15) is 0 Å². The number of benzene rings is 2. The van der Waals surface area contributed by atoms with E-state index in [1.807, 2.05) is 58.6 Å². The summed E-state index contributed by atoms with van der Waals surface area (Å²) in [5.41, 5.74) is 3.23. The molecule has 0 saturated heterocycles. The number of nitrogens with one attached hydrogen (secondary N) is 1. The number of hydrogen-bond donors (Lipinski definition) is 1. The molecule has 0 aliphatic rings. The van der Waals surface area contributed by atoms with Crippen molar-refractivity contribution in [1.82, 2.24) is 9.38 Å². The molecule has 0 aliphatic heterocycles. The van der Waals surface area contributed by atoms with Crippen LogP contribution in [0.1, 0.15) is 5.56 Å². The van der Waals surface area contributed by atoms with E-state index in [9.17, 15) is 4.79 Å². The monoisotopic (exact) mass is 405 g/mol. The molecule has 2 aromatic heterocycles. The quantitative estimate of drug-likeness (QED) is 0.471. The molecular formula is C22H19N3O3S. The zero-order valence-corrected chi connectivity index (χ0v) is 16.8. The lowest BCUT2D eigenvalue weighted by Crippen LogP contribution is -2.08. The van der Waals surface area contributed by atoms with Gasteiger partial charge in [0, 0.05) is 29.4 Å². The molecule has 4 rings (SSSR count). The average molecular weight is 405 g/mol. The maximum atomic E-state index is 12.5. The number of nitrogens with zero attached hydrogens (tertiary/aromatic N) is 2. The fourth-order valence-corrected chi connectivity index (χ4v) is 3.68. The van der Waals surface area contributed by atoms with E-state index in [4.69, 9.17) is 9.47 Å². The summed E-state index contributed by atoms with van der Waals surface area (Å²) in [4.78, 5) is 18.0. The molecule has 0 unspecified atom stereocenters. The molecule has 29 heavy (non-hydrogen) atoms. The van der Waals surface area contributed by atoms with Crippen LogP contribution in [0, 0.1) is 0 Å². The summed E-state index contributed by atoms with van der Waals surface area (Å²) in [7, 11) is 3.16. The van der Waals surface area contributed by atoms with Crippen molar-refractivity contribution >= 4 is 34.0 Å². The number of carbonyl (C=O) groups excluding carboxylic acids is 1. The third-order valence-corrected chi connectivity index (χ3v) is 5.16. The van der Waals surface area contributed by atoms with E-state index in [-0.39, 0.29) is 5.91 Å². The number of carbonyl (C=O) groups is 1. The molecule has 0 atom stereocenters. The second-order valence-electron chi connectivity index (χ2n) is 6.20. The number of amides is 1. The lowest BCUT2D eigenvalue weighted by atomic mass is 10.1. The maximum Gasteiger partial charge on any atom is 0.248 e. The lowest BCUT2D eigenvalue weighted by Gasteiger charge is -2.08. The van der Waals surface area contributed by atoms with Crippen molar-refractivity contribution in [2.24, 2.45) is 0 Å². The van der Waals surface area contributed by atoms with Gasteiger partial charge in [-0.2, -0.15) is 0 Å². The van der Waals surface area contributed by atoms with Crippen LogP contribution in [0.25, 0.3) is 22.3 Å². The highest BCUT2D eigenvalue weighted by Crippen LogP contribution is 2.29. The number of imidazole rings is 1. The van der Waals surface area contributed by atoms with Gasteiger partial charge in [-0.1, -0.05) is 24.3 Å². The van der Waals surface area contributed by atoms with E-state index < -0.39 is 0 Å². The smallest absolute Gasteiger partial charge is 0.248 e. The van der Waals surface area contributed by atoms with Crippen LogP contribution in [-0.2, 0) is 4.79 Å². The molecule has 6 nitrogen and oxygen atoms in total. The normalized spacial score (nSPS) is 11.1. The Morgan fingerprint density at radius 3 is 2.76 bits per heavy atom. The van der Waals surface area contributed by atoms with Gasteiger partial charge in [0.15, 0.2) is 16.5 Å². The van der Waals surface area contributed by atoms with Crippen LogP contribution < -0.4 is 14.8 Å². The molecule has 0 radical (unpaired) electrons. The van der Waals surface area contributed by atoms with Crippen LogP contribution in [0.3, 0.4) is 0 Å². The lowest BCUT2D eigenvalue weighted by molar-refractivity contribution is -0.111. The Morgan fingerprint density at radius 1 is 1.14 bits per heavy atom. The Balaban J connectivity index is 1.53. The minimum Gasteiger partial charge on any atom is -0.493 e. The number of ether oxygens (including phenoxy) is 2. The molecule has 2 aromatic carbocycles. The van der Waals surface area contributed by atoms with E-state index in [0.29, 0.717) is 17.2 Å². The van der Waals surface area contributed by atoms with Crippen LogP contribution in [0.5, 0.6) is 11.5 Å². The summed E-state index contributed by atoms with van der Waals surface area (Å²) in [6, 6.07) is 13.1. The SMILES string of the molecule is COc1ccc(/C=C/C(=O)Nc2ccccc2-c2cn3ccsc3n2)cc1OC. The highest BCUT2D eigenvalue weighted by molar-refractivity contribution is 7.15. The van der Waals surface area contributed by atoms with Crippen molar-refractivity contribution in [3.8, 4) is 22.8 Å². The van der Waals surface area contributed by atoms with Crippen molar-refractivity contribution in [2.45, 2.75) is 0 Å². The molecule has 0 saturated carbocycles. The Morgan fingerprint density at radius 2 is 1.97 bits per heavy atom. The number of anilines is 1. The van der Waals surface area contributed by atoms with Gasteiger partial charge < -0.3 is 14.8 Å². The number of rotatable bonds is 6. The third kappa shape index (κ3) is 4.00. The second kappa shape index (κ2) is 8.20. The molecule has 2 heterocycles. The Labute approximate surface area is 172 Å². The van der Waals surface area contributed by atoms with Gasteiger partial charge in [-0.15, -0.1) is 11.3 Å². The predicted molar refractivity (Wildman–Crippen MR) is 116 cm³/mol. The van der Waals surface area contributed by atoms with Crippen molar-refractivity contribution < 1.29 is 14.3 Å². The van der Waals surface area contributed by atoms with E-state index in [0.717, 1.165) is 21.8 Å². The number of thiazole rings is 1. The van der Waals surface area contributed by atoms with Gasteiger partial charge in [-0.3, -0.25) is 9.20 Å². The van der Waals surface area contributed by atoms with Crippen LogP contribution >= 0.6 is 11.3 Å². The minimum atomic E-state index is -0.228. The van der Waals surface area contributed by atoms with Crippen LogP contribution in [0.15, 0.2) is 66.3 Å². The number of para-hydroxylation sites is 1. The van der Waals surface area contributed by atoms with Gasteiger partial charge in [0.25, 0.3) is 0 Å². The van der Waals surface area contributed by atoms with E-state index >= 15 is 0 Å². The Kier molecular flexibility index (Phi) is 5.31. The number of aromatic nitrogens is 2. The van der Waals surface area contributed by atoms with Gasteiger partial charge in [-0.05, 0) is 29.8 Å². The van der Waals surface area contributed by atoms with Gasteiger partial charge >= 0.3 is 0 Å². The fraction of sp³-hybridized carbons (Fsp3) is 0.0909. The van der Waals surface area contributed by atoms with Crippen molar-refractivity contribution in [2.75, 3.05) is 19.5 Å². The van der Waals surface area contributed by atoms with Crippen molar-refractivity contribution in [3.05, 3.63) is 71.9 Å². The number of methoxy groups -OCH3 is 2. The van der Waals surface area contributed by atoms with Crippen LogP contribution in [-0.4, -0.2) is 29.5 Å². The molecule has 4 aromatic rings. The summed E-state index contributed by atoms with van der Waals surface area (Å²) < 4.78 is 12.5. The van der Waals surface area contributed by atoms with E-state index in [1.165, 1.54) is 6.08 Å². The molecule has 0 fully saturated rings. The Bertz CT molecular complexity index is 1160. The van der Waals surface area contributed by atoms with E-state index in [1.54, 1.807) is 37.7 Å². The molecule has 146 valence electrons. The van der Waals surface area contributed by atoms with Gasteiger partial charge in [-0.25, -0.2) is 4.98 Å². The minimum absolute atomic E-state index is 0.228. The Hall–Kier alpha value is -3.58. The van der Waals surface area contributed by atoms with Gasteiger partial charge in [0.2, 0.25) is 5.91 Å². The predicted octanol–water partition coefficient (Wildman–Crippen LogP) is 4.73. The summed E-state index contributed by atoms with van der Waals surface area (Å²) in [6.45, 7) is 0. The number of hydrogen-bond acceptors (Lipinski definition) is 5. The van der Waals surface area contributed by atoms with Gasteiger partial charge in [0.05, 0.1) is 25.6 Å². The standard InChI is InChI=1S/C22H19N3O3S/c1-27-19-9-7-15(13-20(19)28-2)8-10-21(26)23-17-6-4-3-5-16(17)18-14-25-11-12-29-22(25)24-18/h3-14H,1-2H3,(H,23,26)/b10-8+. The molecule has 1 N–H and O–H groups in total. The molecule has 0 bridgehead atoms. The molecule has 0 aliphatic carbocycles. The first-order valence-electron chi connectivity index (χ1n) is 8.90. The highest BCUT2D eigenvalue weighted by atomic mass is 32.1. The first-order chi connectivity index (χ1) is 14.2. The fourth-order valence-electron chi connectivity index (χ4n) is 2.98. The van der Waals surface area contributed by atoms with Crippen molar-refractivity contribution in [1.29, 1.82) is 0 Å². The maximum absolute atomic E-state index is 12.5. The summed E-state index contributed by atoms with van der Waals surface area (Å²) in [6.07, 6.45) is 7.14. The summed E-state index contributed by atoms with van der Waals surface area (Å²) in [5.74, 6) is 1.02. The first-order valence-corrected chi connectivity index (χ1v) is 9.78. The summed E-state index contributed by atoms with van der Waals surface area (Å²) in [5, 5.41) is 4.92. The average Bonchev–Trinajstić information content (AvgIpc) is 3.34. The highest BCUT2D eigenvalue weighted by Gasteiger charge is 2.11. The molecule has 0 spiro atoms. The topological polar surface area (TPSA) is 64.9 Å². The number of fused-ring (bicyclic) bond motifs is 1. The van der Waals surface area contributed by atoms with Crippen LogP contribution in [0.2, 0.25) is 0 Å². The first kappa shape index (κ1) is 18.8. The van der Waals surface area contributed by atoms with E-state index in [2.05, 4.69) is 10.3 Å². The largest absolute Gasteiger partial charge is 0.493 e. The van der Waals surface area contributed by atoms with Crippen molar-refractivity contribution in [3.63, 3.8) is 0 Å². The molecule has 1 amide bonds. The molecule has 7 heteroatoms. The zero-order valence-electron chi connectivity index (χ0n) is 16.0. The summed E-state index contributed by atoms with van der Waals surface area (Å²) >= 11 is 1.57.